The van der Waals surface area contributed by atoms with Gasteiger partial charge < -0.3 is 20.5 Å². The van der Waals surface area contributed by atoms with Crippen LogP contribution in [0.5, 0.6) is 0 Å². The number of nitrogens with one attached hydrogen (secondary N) is 2. The van der Waals surface area contributed by atoms with Gasteiger partial charge in [0.05, 0.1) is 5.69 Å². The fraction of sp³-hybridized carbons (Fsp3) is 0.292. The van der Waals surface area contributed by atoms with Crippen molar-refractivity contribution in [2.75, 3.05) is 0 Å². The van der Waals surface area contributed by atoms with Gasteiger partial charge in [-0.05, 0) is 23.1 Å². The SMILES string of the molecule is CC(C)C(NC(=O)OCc1ccccc1)C(=O)NC(CC1=C[N]c2ccccc21)C(=O)O. The molecular weight excluding hydrogens is 410 g/mol. The summed E-state index contributed by atoms with van der Waals surface area (Å²) in [6.07, 6.45) is 0.942. The van der Waals surface area contributed by atoms with Crippen LogP contribution in [0.2, 0.25) is 0 Å². The number of carbonyl (C=O) groups is 3. The first-order valence-corrected chi connectivity index (χ1v) is 10.3. The standard InChI is InChI=1S/C24H26N3O5/c1-15(2)21(27-24(31)32-14-16-8-4-3-5-9-16)22(28)26-20(23(29)30)12-17-13-25-19-11-7-6-10-18(17)19/h3-11,13,15,20-21H,12,14H2,1-2H3,(H,26,28)(H,27,31)(H,29,30). The summed E-state index contributed by atoms with van der Waals surface area (Å²) < 4.78 is 5.19. The van der Waals surface area contributed by atoms with Gasteiger partial charge in [0.2, 0.25) is 5.91 Å². The van der Waals surface area contributed by atoms with Crippen LogP contribution in [-0.2, 0) is 20.9 Å². The maximum atomic E-state index is 12.8. The number of amides is 2. The molecule has 0 spiro atoms. The van der Waals surface area contributed by atoms with Gasteiger partial charge >= 0.3 is 12.1 Å². The average molecular weight is 436 g/mol. The molecular formula is C24H26N3O5. The van der Waals surface area contributed by atoms with E-state index in [1.807, 2.05) is 54.6 Å². The summed E-state index contributed by atoms with van der Waals surface area (Å²) in [4.78, 5) is 36.9. The van der Waals surface area contributed by atoms with Gasteiger partial charge in [-0.15, -0.1) is 0 Å². The minimum absolute atomic E-state index is 0.0634. The molecule has 0 fully saturated rings. The zero-order chi connectivity index (χ0) is 23.1. The van der Waals surface area contributed by atoms with Crippen LogP contribution in [0.3, 0.4) is 0 Å². The Labute approximate surface area is 186 Å². The van der Waals surface area contributed by atoms with Crippen molar-refractivity contribution in [3.05, 3.63) is 71.9 Å². The average Bonchev–Trinajstić information content (AvgIpc) is 3.19. The van der Waals surface area contributed by atoms with Crippen LogP contribution in [0, 0.1) is 5.92 Å². The molecule has 0 aromatic heterocycles. The number of ether oxygens (including phenoxy) is 1. The van der Waals surface area contributed by atoms with E-state index in [-0.39, 0.29) is 18.9 Å². The molecule has 32 heavy (non-hydrogen) atoms. The van der Waals surface area contributed by atoms with Crippen molar-refractivity contribution >= 4 is 29.2 Å². The highest BCUT2D eigenvalue weighted by Gasteiger charge is 2.30. The van der Waals surface area contributed by atoms with Crippen LogP contribution in [0.4, 0.5) is 10.5 Å². The van der Waals surface area contributed by atoms with E-state index in [4.69, 9.17) is 4.74 Å². The number of alkyl carbamates (subject to hydrolysis) is 1. The Hall–Kier alpha value is -3.81. The number of benzene rings is 2. The van der Waals surface area contributed by atoms with Crippen LogP contribution >= 0.6 is 0 Å². The van der Waals surface area contributed by atoms with Crippen molar-refractivity contribution in [1.29, 1.82) is 0 Å². The Balaban J connectivity index is 1.60. The number of nitrogens with zero attached hydrogens (tertiary/aromatic N) is 1. The highest BCUT2D eigenvalue weighted by atomic mass is 16.5. The Kier molecular flexibility index (Phi) is 7.49. The van der Waals surface area contributed by atoms with Gasteiger partial charge in [-0.25, -0.2) is 9.59 Å². The van der Waals surface area contributed by atoms with Crippen molar-refractivity contribution in [2.24, 2.45) is 5.92 Å². The third kappa shape index (κ3) is 5.87. The second-order valence-corrected chi connectivity index (χ2v) is 7.83. The summed E-state index contributed by atoms with van der Waals surface area (Å²) in [5.74, 6) is -2.04. The highest BCUT2D eigenvalue weighted by Crippen LogP contribution is 2.32. The number of rotatable bonds is 9. The molecule has 2 aromatic rings. The second kappa shape index (κ2) is 10.5. The maximum absolute atomic E-state index is 12.8. The number of carboxylic acids is 1. The molecule has 3 N–H and O–H groups in total. The predicted octanol–water partition coefficient (Wildman–Crippen LogP) is 3.19. The van der Waals surface area contributed by atoms with Crippen molar-refractivity contribution in [2.45, 2.75) is 39.0 Å². The van der Waals surface area contributed by atoms with E-state index < -0.39 is 30.1 Å². The minimum Gasteiger partial charge on any atom is -0.480 e. The summed E-state index contributed by atoms with van der Waals surface area (Å²) >= 11 is 0. The van der Waals surface area contributed by atoms with E-state index in [1.165, 1.54) is 0 Å². The second-order valence-electron chi connectivity index (χ2n) is 7.83. The third-order valence-corrected chi connectivity index (χ3v) is 5.08. The summed E-state index contributed by atoms with van der Waals surface area (Å²) in [5.41, 5.74) is 3.15. The first-order valence-electron chi connectivity index (χ1n) is 10.3. The molecule has 3 rings (SSSR count). The van der Waals surface area contributed by atoms with Gasteiger partial charge in [0.15, 0.2) is 0 Å². The Morgan fingerprint density at radius 2 is 1.69 bits per heavy atom. The van der Waals surface area contributed by atoms with Crippen LogP contribution < -0.4 is 16.0 Å². The van der Waals surface area contributed by atoms with Crippen molar-refractivity contribution in [1.82, 2.24) is 16.0 Å². The normalized spacial score (nSPS) is 13.9. The number of hydrogen-bond acceptors (Lipinski definition) is 4. The molecule has 0 aliphatic carbocycles. The van der Waals surface area contributed by atoms with Gasteiger partial charge in [0, 0.05) is 18.2 Å². The van der Waals surface area contributed by atoms with Gasteiger partial charge in [-0.2, -0.15) is 0 Å². The van der Waals surface area contributed by atoms with E-state index in [9.17, 15) is 19.5 Å². The van der Waals surface area contributed by atoms with Crippen molar-refractivity contribution < 1.29 is 24.2 Å². The fourth-order valence-electron chi connectivity index (χ4n) is 3.35. The van der Waals surface area contributed by atoms with Crippen molar-refractivity contribution in [3.8, 4) is 0 Å². The molecule has 8 heteroatoms. The molecule has 2 aromatic carbocycles. The van der Waals surface area contributed by atoms with Crippen LogP contribution in [0.1, 0.15) is 31.4 Å². The monoisotopic (exact) mass is 436 g/mol. The lowest BCUT2D eigenvalue weighted by molar-refractivity contribution is -0.142. The molecule has 167 valence electrons. The molecule has 2 amide bonds. The number of para-hydroxylation sites is 1. The minimum atomic E-state index is -1.17. The molecule has 8 nitrogen and oxygen atoms in total. The number of carboxylic acid groups (broad SMARTS) is 1. The molecule has 0 saturated heterocycles. The van der Waals surface area contributed by atoms with E-state index in [0.717, 1.165) is 22.4 Å². The topological polar surface area (TPSA) is 119 Å². The highest BCUT2D eigenvalue weighted by molar-refractivity contribution is 5.91. The smallest absolute Gasteiger partial charge is 0.408 e. The largest absolute Gasteiger partial charge is 0.480 e. The van der Waals surface area contributed by atoms with Gasteiger partial charge in [0.25, 0.3) is 0 Å². The zero-order valence-corrected chi connectivity index (χ0v) is 17.9. The molecule has 1 aliphatic heterocycles. The zero-order valence-electron chi connectivity index (χ0n) is 17.9. The third-order valence-electron chi connectivity index (χ3n) is 5.08. The Morgan fingerprint density at radius 3 is 2.38 bits per heavy atom. The van der Waals surface area contributed by atoms with Crippen LogP contribution in [-0.4, -0.2) is 35.2 Å². The molecule has 1 aliphatic rings. The predicted molar refractivity (Wildman–Crippen MR) is 119 cm³/mol. The lowest BCUT2D eigenvalue weighted by Crippen LogP contribution is -2.53. The summed E-state index contributed by atoms with van der Waals surface area (Å²) in [6, 6.07) is 14.4. The number of carbonyl (C=O) groups excluding carboxylic acids is 2. The first kappa shape index (κ1) is 22.9. The lowest BCUT2D eigenvalue weighted by atomic mass is 9.98. The van der Waals surface area contributed by atoms with Crippen LogP contribution in [0.15, 0.2) is 60.8 Å². The molecule has 0 saturated carbocycles. The fourth-order valence-corrected chi connectivity index (χ4v) is 3.35. The summed E-state index contributed by atoms with van der Waals surface area (Å²) in [5, 5.41) is 19.0. The number of hydrogen-bond donors (Lipinski definition) is 3. The van der Waals surface area contributed by atoms with Crippen LogP contribution in [0.25, 0.3) is 5.57 Å². The van der Waals surface area contributed by atoms with Gasteiger partial charge in [0.1, 0.15) is 18.7 Å². The molecule has 2 unspecified atom stereocenters. The Bertz CT molecular complexity index is 1000. The van der Waals surface area contributed by atoms with E-state index in [1.54, 1.807) is 20.0 Å². The molecule has 2 atom stereocenters. The number of aliphatic carboxylic acids is 1. The van der Waals surface area contributed by atoms with E-state index >= 15 is 0 Å². The van der Waals surface area contributed by atoms with Gasteiger partial charge in [-0.1, -0.05) is 62.4 Å². The molecule has 1 heterocycles. The maximum Gasteiger partial charge on any atom is 0.408 e. The summed E-state index contributed by atoms with van der Waals surface area (Å²) in [7, 11) is 0. The van der Waals surface area contributed by atoms with E-state index in [0.29, 0.717) is 0 Å². The van der Waals surface area contributed by atoms with E-state index in [2.05, 4.69) is 16.0 Å². The quantitative estimate of drug-likeness (QED) is 0.558. The summed E-state index contributed by atoms with van der Waals surface area (Å²) in [6.45, 7) is 3.58. The molecule has 1 radical (unpaired) electrons. The Morgan fingerprint density at radius 1 is 1.00 bits per heavy atom. The molecule has 0 bridgehead atoms. The first-order chi connectivity index (χ1) is 15.3. The van der Waals surface area contributed by atoms with Crippen molar-refractivity contribution in [3.63, 3.8) is 0 Å². The van der Waals surface area contributed by atoms with Gasteiger partial charge in [-0.3, -0.25) is 10.1 Å². The number of fused-ring (bicyclic) bond motifs is 1. The lowest BCUT2D eigenvalue weighted by Gasteiger charge is -2.24.